The van der Waals surface area contributed by atoms with Gasteiger partial charge < -0.3 is 24.8 Å². The molecule has 1 fully saturated rings. The number of aliphatic hydroxyl groups excluding tert-OH is 3. The predicted octanol–water partition coefficient (Wildman–Crippen LogP) is 0.621. The average molecular weight is 274 g/mol. The molecule has 1 rings (SSSR count). The highest BCUT2D eigenvalue weighted by Crippen LogP contribution is 2.19. The van der Waals surface area contributed by atoms with Crippen LogP contribution in [0.25, 0.3) is 0 Å². The van der Waals surface area contributed by atoms with Gasteiger partial charge in [0, 0.05) is 0 Å². The molecule has 3 N–H and O–H groups in total. The summed E-state index contributed by atoms with van der Waals surface area (Å²) < 4.78 is 10.7. The fourth-order valence-electron chi connectivity index (χ4n) is 2.05. The third kappa shape index (κ3) is 5.58. The fraction of sp³-hybridized carbons (Fsp3) is 0.857. The Labute approximate surface area is 114 Å². The Morgan fingerprint density at radius 3 is 2.63 bits per heavy atom. The van der Waals surface area contributed by atoms with Gasteiger partial charge in [0.15, 0.2) is 0 Å². The van der Waals surface area contributed by atoms with Crippen LogP contribution in [0.2, 0.25) is 0 Å². The van der Waals surface area contributed by atoms with Gasteiger partial charge in [-0.25, -0.2) is 0 Å². The predicted molar refractivity (Wildman–Crippen MR) is 71.9 cm³/mol. The molecule has 0 unspecified atom stereocenters. The van der Waals surface area contributed by atoms with E-state index in [4.69, 9.17) is 9.47 Å². The van der Waals surface area contributed by atoms with Crippen LogP contribution in [0.5, 0.6) is 0 Å². The Balaban J connectivity index is 2.20. The highest BCUT2D eigenvalue weighted by atomic mass is 16.6. The van der Waals surface area contributed by atoms with Gasteiger partial charge in [-0.15, -0.1) is 0 Å². The lowest BCUT2D eigenvalue weighted by atomic mass is 10.1. The van der Waals surface area contributed by atoms with E-state index in [1.165, 1.54) is 12.8 Å². The van der Waals surface area contributed by atoms with Crippen LogP contribution in [-0.4, -0.2) is 59.6 Å². The molecule has 0 saturated carbocycles. The van der Waals surface area contributed by atoms with Gasteiger partial charge in [0.05, 0.1) is 19.8 Å². The summed E-state index contributed by atoms with van der Waals surface area (Å²) in [5, 5.41) is 28.3. The van der Waals surface area contributed by atoms with E-state index in [9.17, 15) is 15.3 Å². The molecule has 5 heteroatoms. The second kappa shape index (κ2) is 9.44. The third-order valence-electron chi connectivity index (χ3n) is 3.24. The first-order valence-electron chi connectivity index (χ1n) is 7.05. The Bertz CT molecular complexity index is 256. The minimum absolute atomic E-state index is 0.0859. The monoisotopic (exact) mass is 274 g/mol. The quantitative estimate of drug-likeness (QED) is 0.424. The first-order chi connectivity index (χ1) is 9.20. The molecule has 0 amide bonds. The Morgan fingerprint density at radius 1 is 1.32 bits per heavy atom. The van der Waals surface area contributed by atoms with Crippen molar-refractivity contribution in [2.75, 3.05) is 19.8 Å². The van der Waals surface area contributed by atoms with Crippen LogP contribution in [-0.2, 0) is 9.47 Å². The molecule has 0 aromatic carbocycles. The van der Waals surface area contributed by atoms with Gasteiger partial charge in [-0.3, -0.25) is 0 Å². The molecule has 1 aliphatic rings. The Morgan fingerprint density at radius 2 is 2.05 bits per heavy atom. The van der Waals surface area contributed by atoms with Gasteiger partial charge in [0.1, 0.15) is 24.4 Å². The van der Waals surface area contributed by atoms with E-state index in [0.717, 1.165) is 12.8 Å². The van der Waals surface area contributed by atoms with Crippen molar-refractivity contribution in [2.45, 2.75) is 57.0 Å². The summed E-state index contributed by atoms with van der Waals surface area (Å²) in [6, 6.07) is 0. The minimum Gasteiger partial charge on any atom is -0.394 e. The van der Waals surface area contributed by atoms with Crippen molar-refractivity contribution >= 4 is 0 Å². The summed E-state index contributed by atoms with van der Waals surface area (Å²) in [7, 11) is 0. The van der Waals surface area contributed by atoms with Crippen LogP contribution in [0.4, 0.5) is 0 Å². The van der Waals surface area contributed by atoms with E-state index in [2.05, 4.69) is 19.1 Å². The number of unbranched alkanes of at least 4 members (excludes halogenated alkanes) is 2. The van der Waals surface area contributed by atoms with Crippen molar-refractivity contribution in [3.8, 4) is 0 Å². The Kier molecular flexibility index (Phi) is 8.25. The molecular weight excluding hydrogens is 248 g/mol. The fourth-order valence-corrected chi connectivity index (χ4v) is 2.05. The maximum atomic E-state index is 9.68. The van der Waals surface area contributed by atoms with E-state index in [0.29, 0.717) is 6.61 Å². The number of aliphatic hydroxyl groups is 3. The van der Waals surface area contributed by atoms with Gasteiger partial charge in [0.2, 0.25) is 0 Å². The standard InChI is InChI=1S/C14H26O5/c1-2-3-4-5-6-7-8-18-12(9-15)14-13(17)11(16)10-19-14/h5-6,11-17H,2-4,7-10H2,1H3/b6-5+/t11-,12+,13+,14+/m0/s1. The molecule has 0 aromatic heterocycles. The SMILES string of the molecule is CCCC/C=C/CCO[C@H](CO)[C@H]1OC[C@H](O)[C@H]1O. The molecule has 5 nitrogen and oxygen atoms in total. The van der Waals surface area contributed by atoms with E-state index in [1.54, 1.807) is 0 Å². The summed E-state index contributed by atoms with van der Waals surface area (Å²) in [5.74, 6) is 0. The maximum absolute atomic E-state index is 9.68. The van der Waals surface area contributed by atoms with Crippen LogP contribution in [0.1, 0.15) is 32.6 Å². The lowest BCUT2D eigenvalue weighted by molar-refractivity contribution is -0.0996. The molecule has 1 saturated heterocycles. The largest absolute Gasteiger partial charge is 0.394 e. The van der Waals surface area contributed by atoms with Gasteiger partial charge in [-0.05, 0) is 12.8 Å². The van der Waals surface area contributed by atoms with Crippen molar-refractivity contribution in [2.24, 2.45) is 0 Å². The first kappa shape index (κ1) is 16.6. The number of rotatable bonds is 9. The van der Waals surface area contributed by atoms with Gasteiger partial charge in [0.25, 0.3) is 0 Å². The van der Waals surface area contributed by atoms with E-state index < -0.39 is 24.4 Å². The zero-order chi connectivity index (χ0) is 14.1. The highest BCUT2D eigenvalue weighted by molar-refractivity contribution is 4.89. The summed E-state index contributed by atoms with van der Waals surface area (Å²) in [6.45, 7) is 2.48. The molecule has 0 aromatic rings. The molecule has 0 radical (unpaired) electrons. The Hall–Kier alpha value is -0.460. The van der Waals surface area contributed by atoms with Crippen LogP contribution in [0.15, 0.2) is 12.2 Å². The highest BCUT2D eigenvalue weighted by Gasteiger charge is 2.40. The molecule has 1 aliphatic heterocycles. The molecule has 1 heterocycles. The second-order valence-corrected chi connectivity index (χ2v) is 4.85. The van der Waals surface area contributed by atoms with Crippen LogP contribution in [0.3, 0.4) is 0 Å². The van der Waals surface area contributed by atoms with Crippen molar-refractivity contribution in [3.63, 3.8) is 0 Å². The lowest BCUT2D eigenvalue weighted by Crippen LogP contribution is -2.42. The van der Waals surface area contributed by atoms with E-state index in [-0.39, 0.29) is 13.2 Å². The van der Waals surface area contributed by atoms with Crippen LogP contribution in [0, 0.1) is 0 Å². The summed E-state index contributed by atoms with van der Waals surface area (Å²) in [4.78, 5) is 0. The summed E-state index contributed by atoms with van der Waals surface area (Å²) in [5.41, 5.74) is 0. The molecule has 0 spiro atoms. The van der Waals surface area contributed by atoms with Crippen molar-refractivity contribution in [1.82, 2.24) is 0 Å². The van der Waals surface area contributed by atoms with Gasteiger partial charge in [-0.1, -0.05) is 31.9 Å². The van der Waals surface area contributed by atoms with Gasteiger partial charge >= 0.3 is 0 Å². The minimum atomic E-state index is -0.989. The third-order valence-corrected chi connectivity index (χ3v) is 3.24. The van der Waals surface area contributed by atoms with Crippen LogP contribution >= 0.6 is 0 Å². The summed E-state index contributed by atoms with van der Waals surface area (Å²) in [6.07, 6.45) is 5.30. The maximum Gasteiger partial charge on any atom is 0.114 e. The molecule has 4 atom stereocenters. The van der Waals surface area contributed by atoms with Crippen molar-refractivity contribution in [1.29, 1.82) is 0 Å². The smallest absolute Gasteiger partial charge is 0.114 e. The second-order valence-electron chi connectivity index (χ2n) is 4.85. The zero-order valence-electron chi connectivity index (χ0n) is 11.6. The number of hydrogen-bond acceptors (Lipinski definition) is 5. The van der Waals surface area contributed by atoms with Gasteiger partial charge in [-0.2, -0.15) is 0 Å². The normalized spacial score (nSPS) is 29.2. The first-order valence-corrected chi connectivity index (χ1v) is 7.05. The topological polar surface area (TPSA) is 79.2 Å². The number of allylic oxidation sites excluding steroid dienone is 1. The molecule has 19 heavy (non-hydrogen) atoms. The van der Waals surface area contributed by atoms with Crippen LogP contribution < -0.4 is 0 Å². The zero-order valence-corrected chi connectivity index (χ0v) is 11.6. The molecule has 0 aliphatic carbocycles. The lowest BCUT2D eigenvalue weighted by Gasteiger charge is -2.24. The van der Waals surface area contributed by atoms with E-state index in [1.807, 2.05) is 0 Å². The number of ether oxygens (including phenoxy) is 2. The number of hydrogen-bond donors (Lipinski definition) is 3. The molecular formula is C14H26O5. The molecule has 0 bridgehead atoms. The van der Waals surface area contributed by atoms with Crippen molar-refractivity contribution in [3.05, 3.63) is 12.2 Å². The molecule has 112 valence electrons. The van der Waals surface area contributed by atoms with E-state index >= 15 is 0 Å². The summed E-state index contributed by atoms with van der Waals surface area (Å²) >= 11 is 0. The van der Waals surface area contributed by atoms with Crippen molar-refractivity contribution < 1.29 is 24.8 Å². The average Bonchev–Trinajstić information content (AvgIpc) is 2.74.